The molecule has 8 heteroatoms. The van der Waals surface area contributed by atoms with Gasteiger partial charge in [-0.25, -0.2) is 9.79 Å². The van der Waals surface area contributed by atoms with E-state index in [1.807, 2.05) is 18.2 Å². The molecule has 2 aromatic carbocycles. The molecule has 0 spiro atoms. The van der Waals surface area contributed by atoms with Gasteiger partial charge in [0, 0.05) is 16.6 Å². The Labute approximate surface area is 149 Å². The van der Waals surface area contributed by atoms with E-state index in [-0.39, 0.29) is 27.9 Å². The summed E-state index contributed by atoms with van der Waals surface area (Å²) < 4.78 is 5.96. The summed E-state index contributed by atoms with van der Waals surface area (Å²) in [4.78, 5) is 26.4. The zero-order chi connectivity index (χ0) is 17.3. The normalized spacial score (nSPS) is 15.3. The van der Waals surface area contributed by atoms with Crippen molar-refractivity contribution in [2.45, 2.75) is 0 Å². The number of hydrogen-bond acceptors (Lipinski definition) is 5. The van der Waals surface area contributed by atoms with Crippen molar-refractivity contribution in [1.82, 2.24) is 0 Å². The fraction of sp³-hybridized carbons (Fsp3) is 0. The number of non-ortho nitro benzene ring substituents is 1. The molecule has 0 unspecified atom stereocenters. The van der Waals surface area contributed by atoms with E-state index in [1.165, 1.54) is 18.2 Å². The van der Waals surface area contributed by atoms with Crippen LogP contribution in [0, 0.1) is 10.1 Å². The maximum absolute atomic E-state index is 12.0. The third-order valence-electron chi connectivity index (χ3n) is 3.16. The van der Waals surface area contributed by atoms with Gasteiger partial charge in [-0.05, 0) is 29.8 Å². The summed E-state index contributed by atoms with van der Waals surface area (Å²) in [5.41, 5.74) is 0.867. The predicted octanol–water partition coefficient (Wildman–Crippen LogP) is 4.36. The van der Waals surface area contributed by atoms with E-state index in [0.29, 0.717) is 0 Å². The highest BCUT2D eigenvalue weighted by Gasteiger charge is 2.27. The molecule has 1 heterocycles. The first-order valence-corrected chi connectivity index (χ1v) is 7.83. The van der Waals surface area contributed by atoms with Crippen LogP contribution in [0.3, 0.4) is 0 Å². The van der Waals surface area contributed by atoms with Crippen LogP contribution in [0.25, 0.3) is 6.08 Å². The van der Waals surface area contributed by atoms with Gasteiger partial charge in [-0.2, -0.15) is 0 Å². The molecule has 1 aliphatic heterocycles. The average Bonchev–Trinajstić information content (AvgIpc) is 2.88. The molecule has 0 fully saturated rings. The van der Waals surface area contributed by atoms with Gasteiger partial charge in [0.05, 0.1) is 15.5 Å². The fourth-order valence-corrected chi connectivity index (χ4v) is 2.68. The van der Waals surface area contributed by atoms with E-state index in [1.54, 1.807) is 12.1 Å². The molecule has 1 aliphatic rings. The summed E-state index contributed by atoms with van der Waals surface area (Å²) in [5, 5.41) is 11.1. The largest absolute Gasteiger partial charge is 0.402 e. The van der Waals surface area contributed by atoms with Crippen molar-refractivity contribution >= 4 is 51.2 Å². The lowest BCUT2D eigenvalue weighted by Crippen LogP contribution is -2.06. The fourth-order valence-electron chi connectivity index (χ4n) is 2.07. The lowest BCUT2D eigenvalue weighted by atomic mass is 10.2. The Kier molecular flexibility index (Phi) is 4.46. The van der Waals surface area contributed by atoms with Crippen molar-refractivity contribution in [2.24, 2.45) is 4.99 Å². The monoisotopic (exact) mass is 406 g/mol. The third-order valence-corrected chi connectivity index (χ3v) is 3.99. The number of halogens is 2. The highest BCUT2D eigenvalue weighted by atomic mass is 79.9. The number of nitro benzene ring substituents is 1. The molecule has 0 saturated carbocycles. The molecule has 24 heavy (non-hydrogen) atoms. The van der Waals surface area contributed by atoms with Crippen molar-refractivity contribution in [1.29, 1.82) is 0 Å². The van der Waals surface area contributed by atoms with Gasteiger partial charge in [-0.15, -0.1) is 0 Å². The van der Waals surface area contributed by atoms with Crippen molar-refractivity contribution in [3.63, 3.8) is 0 Å². The van der Waals surface area contributed by atoms with Crippen LogP contribution in [-0.2, 0) is 9.53 Å². The van der Waals surface area contributed by atoms with Crippen LogP contribution < -0.4 is 0 Å². The van der Waals surface area contributed by atoms with Gasteiger partial charge in [-0.1, -0.05) is 39.7 Å². The van der Waals surface area contributed by atoms with Gasteiger partial charge in [0.25, 0.3) is 5.69 Å². The van der Waals surface area contributed by atoms with E-state index in [0.717, 1.165) is 10.0 Å². The SMILES string of the molecule is O=C1OC(c2cc([N+](=O)[O-])ccc2Cl)=NC1=Cc1cccc(Br)c1. The minimum atomic E-state index is -0.646. The summed E-state index contributed by atoms with van der Waals surface area (Å²) in [6, 6.07) is 11.1. The summed E-state index contributed by atoms with van der Waals surface area (Å²) >= 11 is 9.38. The Bertz CT molecular complexity index is 924. The van der Waals surface area contributed by atoms with Gasteiger partial charge in [0.1, 0.15) is 0 Å². The molecule has 0 radical (unpaired) electrons. The Balaban J connectivity index is 2.01. The first-order chi connectivity index (χ1) is 11.4. The number of ether oxygens (including phenoxy) is 1. The van der Waals surface area contributed by atoms with Crippen molar-refractivity contribution in [3.8, 4) is 0 Å². The van der Waals surface area contributed by atoms with Crippen LogP contribution in [0.1, 0.15) is 11.1 Å². The number of esters is 1. The van der Waals surface area contributed by atoms with Gasteiger partial charge in [0.2, 0.25) is 5.90 Å². The Morgan fingerprint density at radius 2 is 2.04 bits per heavy atom. The van der Waals surface area contributed by atoms with Crippen molar-refractivity contribution in [2.75, 3.05) is 0 Å². The lowest BCUT2D eigenvalue weighted by Gasteiger charge is -2.02. The summed E-state index contributed by atoms with van der Waals surface area (Å²) in [7, 11) is 0. The third kappa shape index (κ3) is 3.37. The molecule has 0 N–H and O–H groups in total. The molecule has 0 aliphatic carbocycles. The van der Waals surface area contributed by atoms with E-state index in [4.69, 9.17) is 16.3 Å². The van der Waals surface area contributed by atoms with Crippen LogP contribution in [-0.4, -0.2) is 16.8 Å². The second-order valence-electron chi connectivity index (χ2n) is 4.81. The number of nitrogens with zero attached hydrogens (tertiary/aromatic N) is 2. The number of cyclic esters (lactones) is 1. The van der Waals surface area contributed by atoms with Crippen LogP contribution in [0.15, 0.2) is 57.6 Å². The minimum Gasteiger partial charge on any atom is -0.402 e. The van der Waals surface area contributed by atoms with Gasteiger partial charge in [-0.3, -0.25) is 10.1 Å². The zero-order valence-corrected chi connectivity index (χ0v) is 14.2. The standard InChI is InChI=1S/C16H8BrClN2O4/c17-10-3-1-2-9(6-10)7-14-16(21)24-15(19-14)12-8-11(20(22)23)4-5-13(12)18/h1-8H. The lowest BCUT2D eigenvalue weighted by molar-refractivity contribution is -0.384. The Morgan fingerprint density at radius 1 is 1.25 bits per heavy atom. The molecule has 0 amide bonds. The molecule has 120 valence electrons. The summed E-state index contributed by atoms with van der Waals surface area (Å²) in [6.07, 6.45) is 1.56. The highest BCUT2D eigenvalue weighted by molar-refractivity contribution is 9.10. The summed E-state index contributed by atoms with van der Waals surface area (Å²) in [5.74, 6) is -0.706. The van der Waals surface area contributed by atoms with Crippen molar-refractivity contribution < 1.29 is 14.5 Å². The van der Waals surface area contributed by atoms with Gasteiger partial charge < -0.3 is 4.74 Å². The van der Waals surface area contributed by atoms with Crippen LogP contribution in [0.5, 0.6) is 0 Å². The van der Waals surface area contributed by atoms with E-state index in [9.17, 15) is 14.9 Å². The smallest absolute Gasteiger partial charge is 0.363 e. The molecule has 3 rings (SSSR count). The first-order valence-electron chi connectivity index (χ1n) is 6.66. The maximum Gasteiger partial charge on any atom is 0.363 e. The van der Waals surface area contributed by atoms with Crippen molar-refractivity contribution in [3.05, 3.63) is 78.9 Å². The number of benzene rings is 2. The first kappa shape index (κ1) is 16.4. The minimum absolute atomic E-state index is 0.0602. The maximum atomic E-state index is 12.0. The number of aliphatic imine (C=N–C) groups is 1. The Hall–Kier alpha value is -2.51. The Morgan fingerprint density at radius 3 is 2.75 bits per heavy atom. The summed E-state index contributed by atoms with van der Waals surface area (Å²) in [6.45, 7) is 0. The van der Waals surface area contributed by atoms with Crippen LogP contribution >= 0.6 is 27.5 Å². The topological polar surface area (TPSA) is 81.8 Å². The highest BCUT2D eigenvalue weighted by Crippen LogP contribution is 2.27. The van der Waals surface area contributed by atoms with Crippen LogP contribution in [0.2, 0.25) is 5.02 Å². The number of nitro groups is 1. The second kappa shape index (κ2) is 6.54. The van der Waals surface area contributed by atoms with E-state index < -0.39 is 10.9 Å². The molecule has 2 aromatic rings. The van der Waals surface area contributed by atoms with Gasteiger partial charge >= 0.3 is 5.97 Å². The number of carbonyl (C=O) groups excluding carboxylic acids is 1. The van der Waals surface area contributed by atoms with Crippen LogP contribution in [0.4, 0.5) is 5.69 Å². The van der Waals surface area contributed by atoms with E-state index in [2.05, 4.69) is 20.9 Å². The molecular weight excluding hydrogens is 400 g/mol. The quantitative estimate of drug-likeness (QED) is 0.328. The molecular formula is C16H8BrClN2O4. The average molecular weight is 408 g/mol. The number of rotatable bonds is 3. The molecule has 0 aromatic heterocycles. The molecule has 0 saturated heterocycles. The molecule has 0 atom stereocenters. The number of carbonyl (C=O) groups is 1. The van der Waals surface area contributed by atoms with Gasteiger partial charge in [0.15, 0.2) is 5.70 Å². The predicted molar refractivity (Wildman–Crippen MR) is 92.9 cm³/mol. The van der Waals surface area contributed by atoms with E-state index >= 15 is 0 Å². The molecule has 0 bridgehead atoms. The second-order valence-corrected chi connectivity index (χ2v) is 6.14. The number of hydrogen-bond donors (Lipinski definition) is 0. The zero-order valence-electron chi connectivity index (χ0n) is 11.9. The molecule has 6 nitrogen and oxygen atoms in total.